The monoisotopic (exact) mass is 268 g/mol. The molecule has 1 aliphatic heterocycles. The third kappa shape index (κ3) is 3.93. The van der Waals surface area contributed by atoms with Crippen LogP contribution in [0.15, 0.2) is 0 Å². The number of likely N-dealkylation sites (N-methyl/N-ethyl adjacent to an activating group) is 1. The first-order valence-electron chi connectivity index (χ1n) is 8.13. The molecule has 0 bridgehead atoms. The lowest BCUT2D eigenvalue weighted by atomic mass is 9.72. The summed E-state index contributed by atoms with van der Waals surface area (Å²) in [7, 11) is 2.28. The summed E-state index contributed by atoms with van der Waals surface area (Å²) in [5, 5.41) is 3.73. The second kappa shape index (κ2) is 7.05. The van der Waals surface area contributed by atoms with Gasteiger partial charge < -0.3 is 15.0 Å². The van der Waals surface area contributed by atoms with Crippen LogP contribution in [0.5, 0.6) is 0 Å². The molecule has 2 aliphatic rings. The molecule has 19 heavy (non-hydrogen) atoms. The molecule has 5 atom stereocenters. The molecule has 1 N–H and O–H groups in total. The maximum Gasteiger partial charge on any atom is 0.0622 e. The second-order valence-electron chi connectivity index (χ2n) is 6.84. The molecule has 1 saturated heterocycles. The molecule has 0 spiro atoms. The molecule has 0 radical (unpaired) electrons. The van der Waals surface area contributed by atoms with Crippen molar-refractivity contribution < 1.29 is 4.74 Å². The zero-order valence-corrected chi connectivity index (χ0v) is 13.2. The molecular formula is C16H32N2O. The van der Waals surface area contributed by atoms with Crippen LogP contribution in [0.3, 0.4) is 0 Å². The van der Waals surface area contributed by atoms with Crippen molar-refractivity contribution in [3.05, 3.63) is 0 Å². The van der Waals surface area contributed by atoms with E-state index in [0.717, 1.165) is 37.5 Å². The van der Waals surface area contributed by atoms with Gasteiger partial charge in [0, 0.05) is 25.2 Å². The highest BCUT2D eigenvalue weighted by Crippen LogP contribution is 2.34. The molecule has 3 heteroatoms. The molecule has 5 unspecified atom stereocenters. The zero-order chi connectivity index (χ0) is 13.8. The van der Waals surface area contributed by atoms with Crippen LogP contribution in [0.1, 0.15) is 40.0 Å². The average Bonchev–Trinajstić information content (AvgIpc) is 2.87. The number of nitrogens with zero attached hydrogens (tertiary/aromatic N) is 1. The smallest absolute Gasteiger partial charge is 0.0622 e. The minimum atomic E-state index is 0.647. The Balaban J connectivity index is 1.93. The summed E-state index contributed by atoms with van der Waals surface area (Å²) in [5.74, 6) is 2.50. The first kappa shape index (κ1) is 15.3. The van der Waals surface area contributed by atoms with Crippen molar-refractivity contribution in [2.45, 2.75) is 52.1 Å². The fourth-order valence-corrected chi connectivity index (χ4v) is 4.07. The summed E-state index contributed by atoms with van der Waals surface area (Å²) < 4.78 is 5.53. The van der Waals surface area contributed by atoms with E-state index in [0.29, 0.717) is 12.1 Å². The Hall–Kier alpha value is -0.120. The number of rotatable bonds is 5. The van der Waals surface area contributed by atoms with Crippen molar-refractivity contribution in [3.63, 3.8) is 0 Å². The van der Waals surface area contributed by atoms with E-state index in [2.05, 4.69) is 38.0 Å². The van der Waals surface area contributed by atoms with E-state index in [-0.39, 0.29) is 0 Å². The predicted octanol–water partition coefficient (Wildman–Crippen LogP) is 2.37. The Labute approximate surface area is 119 Å². The highest BCUT2D eigenvalue weighted by molar-refractivity contribution is 4.90. The first-order valence-corrected chi connectivity index (χ1v) is 8.13. The van der Waals surface area contributed by atoms with Gasteiger partial charge in [-0.15, -0.1) is 0 Å². The highest BCUT2D eigenvalue weighted by Gasteiger charge is 2.35. The van der Waals surface area contributed by atoms with E-state index in [1.807, 2.05) is 0 Å². The summed E-state index contributed by atoms with van der Waals surface area (Å²) in [6.45, 7) is 11.3. The van der Waals surface area contributed by atoms with Gasteiger partial charge in [0.15, 0.2) is 0 Å². The van der Waals surface area contributed by atoms with Gasteiger partial charge in [0.05, 0.1) is 6.61 Å². The Morgan fingerprint density at radius 1 is 1.26 bits per heavy atom. The largest absolute Gasteiger partial charge is 0.380 e. The van der Waals surface area contributed by atoms with Crippen LogP contribution in [-0.4, -0.2) is 50.3 Å². The predicted molar refractivity (Wildman–Crippen MR) is 80.4 cm³/mol. The van der Waals surface area contributed by atoms with Gasteiger partial charge in [0.25, 0.3) is 0 Å². The van der Waals surface area contributed by atoms with E-state index in [1.54, 1.807) is 0 Å². The summed E-state index contributed by atoms with van der Waals surface area (Å²) in [5.41, 5.74) is 0. The van der Waals surface area contributed by atoms with Crippen LogP contribution < -0.4 is 5.32 Å². The van der Waals surface area contributed by atoms with Crippen molar-refractivity contribution in [2.24, 2.45) is 17.8 Å². The van der Waals surface area contributed by atoms with Crippen LogP contribution in [0.25, 0.3) is 0 Å². The van der Waals surface area contributed by atoms with Crippen LogP contribution in [-0.2, 0) is 4.74 Å². The minimum Gasteiger partial charge on any atom is -0.380 e. The fourth-order valence-electron chi connectivity index (χ4n) is 4.07. The normalized spacial score (nSPS) is 39.9. The second-order valence-corrected chi connectivity index (χ2v) is 6.84. The Bertz CT molecular complexity index is 265. The Morgan fingerprint density at radius 3 is 2.68 bits per heavy atom. The molecule has 112 valence electrons. The lowest BCUT2D eigenvalue weighted by Gasteiger charge is -2.42. The quantitative estimate of drug-likeness (QED) is 0.828. The SMILES string of the molecule is CCNC1CC(C)CC(C)C1CN(C)C1CCOC1. The van der Waals surface area contributed by atoms with Crippen LogP contribution in [0.4, 0.5) is 0 Å². The molecule has 2 fully saturated rings. The maximum absolute atomic E-state index is 5.53. The van der Waals surface area contributed by atoms with Crippen molar-refractivity contribution >= 4 is 0 Å². The van der Waals surface area contributed by atoms with E-state index >= 15 is 0 Å². The number of hydrogen-bond acceptors (Lipinski definition) is 3. The van der Waals surface area contributed by atoms with Gasteiger partial charge in [-0.3, -0.25) is 0 Å². The van der Waals surface area contributed by atoms with Crippen molar-refractivity contribution in [1.29, 1.82) is 0 Å². The van der Waals surface area contributed by atoms with E-state index in [9.17, 15) is 0 Å². The highest BCUT2D eigenvalue weighted by atomic mass is 16.5. The van der Waals surface area contributed by atoms with Gasteiger partial charge in [-0.1, -0.05) is 20.8 Å². The van der Waals surface area contributed by atoms with Gasteiger partial charge in [0.2, 0.25) is 0 Å². The summed E-state index contributed by atoms with van der Waals surface area (Å²) >= 11 is 0. The molecule has 2 rings (SSSR count). The third-order valence-electron chi connectivity index (χ3n) is 5.17. The van der Waals surface area contributed by atoms with Crippen molar-refractivity contribution in [3.8, 4) is 0 Å². The topological polar surface area (TPSA) is 24.5 Å². The first-order chi connectivity index (χ1) is 9.11. The van der Waals surface area contributed by atoms with E-state index in [1.165, 1.54) is 25.8 Å². The van der Waals surface area contributed by atoms with Gasteiger partial charge in [-0.05, 0) is 50.6 Å². The Kier molecular flexibility index (Phi) is 5.67. The molecule has 0 aromatic rings. The third-order valence-corrected chi connectivity index (χ3v) is 5.17. The number of nitrogens with one attached hydrogen (secondary N) is 1. The van der Waals surface area contributed by atoms with Crippen molar-refractivity contribution in [2.75, 3.05) is 33.4 Å². The molecule has 1 heterocycles. The van der Waals surface area contributed by atoms with E-state index < -0.39 is 0 Å². The molecule has 0 aromatic carbocycles. The van der Waals surface area contributed by atoms with Gasteiger partial charge >= 0.3 is 0 Å². The molecular weight excluding hydrogens is 236 g/mol. The molecule has 1 aliphatic carbocycles. The summed E-state index contributed by atoms with van der Waals surface area (Å²) in [4.78, 5) is 2.55. The van der Waals surface area contributed by atoms with Gasteiger partial charge in [0.1, 0.15) is 0 Å². The molecule has 1 saturated carbocycles. The van der Waals surface area contributed by atoms with Crippen LogP contribution in [0.2, 0.25) is 0 Å². The van der Waals surface area contributed by atoms with Gasteiger partial charge in [-0.25, -0.2) is 0 Å². The van der Waals surface area contributed by atoms with Gasteiger partial charge in [-0.2, -0.15) is 0 Å². The molecule has 3 nitrogen and oxygen atoms in total. The van der Waals surface area contributed by atoms with Crippen LogP contribution in [0, 0.1) is 17.8 Å². The number of ether oxygens (including phenoxy) is 1. The molecule has 0 aromatic heterocycles. The standard InChI is InChI=1S/C16H32N2O/c1-5-17-16-9-12(2)8-13(3)15(16)10-18(4)14-6-7-19-11-14/h12-17H,5-11H2,1-4H3. The fraction of sp³-hybridized carbons (Fsp3) is 1.00. The minimum absolute atomic E-state index is 0.647. The number of hydrogen-bond donors (Lipinski definition) is 1. The Morgan fingerprint density at radius 2 is 2.05 bits per heavy atom. The molecule has 0 amide bonds. The average molecular weight is 268 g/mol. The van der Waals surface area contributed by atoms with Crippen LogP contribution >= 0.6 is 0 Å². The van der Waals surface area contributed by atoms with Crippen molar-refractivity contribution in [1.82, 2.24) is 10.2 Å². The lowest BCUT2D eigenvalue weighted by molar-refractivity contribution is 0.0878. The van der Waals surface area contributed by atoms with E-state index in [4.69, 9.17) is 4.74 Å². The lowest BCUT2D eigenvalue weighted by Crippen LogP contribution is -2.50. The zero-order valence-electron chi connectivity index (χ0n) is 13.2. The summed E-state index contributed by atoms with van der Waals surface area (Å²) in [6, 6.07) is 1.35. The summed E-state index contributed by atoms with van der Waals surface area (Å²) in [6.07, 6.45) is 3.94. The maximum atomic E-state index is 5.53.